The van der Waals surface area contributed by atoms with Crippen LogP contribution in [0, 0.1) is 28.9 Å². The molecular formula is C16H8Cl6N2O4. The summed E-state index contributed by atoms with van der Waals surface area (Å²) in [5, 5.41) is 10.6. The molecule has 1 heterocycles. The molecule has 4 rings (SSSR count). The van der Waals surface area contributed by atoms with Gasteiger partial charge in [0.15, 0.2) is 4.33 Å². The molecule has 2 aliphatic carbocycles. The van der Waals surface area contributed by atoms with Crippen LogP contribution in [0.15, 0.2) is 28.3 Å². The minimum atomic E-state index is -2.01. The second kappa shape index (κ2) is 5.90. The minimum absolute atomic E-state index is 0.164. The molecule has 1 saturated carbocycles. The fourth-order valence-electron chi connectivity index (χ4n) is 4.24. The highest BCUT2D eigenvalue weighted by Crippen LogP contribution is 2.77. The van der Waals surface area contributed by atoms with Gasteiger partial charge in [0.05, 0.1) is 32.5 Å². The van der Waals surface area contributed by atoms with Gasteiger partial charge in [-0.05, 0) is 18.6 Å². The second-order valence-corrected chi connectivity index (χ2v) is 10.1. The lowest BCUT2D eigenvalue weighted by molar-refractivity contribution is -0.384. The number of hydrogen-bond acceptors (Lipinski definition) is 4. The standard InChI is InChI=1S/C16H8Cl6N2O4/c1-5-4-6(24(27)28)2-3-7(5)23-12(25)8-9(13(23)26)15(20)11(18)10(17)14(8,19)16(15,21)22/h2-4,8-9H,1H3/t8-,9-,14+,15+/m0/s1. The summed E-state index contributed by atoms with van der Waals surface area (Å²) in [5.41, 5.74) is 0.317. The van der Waals surface area contributed by atoms with Crippen molar-refractivity contribution in [2.45, 2.75) is 21.0 Å². The van der Waals surface area contributed by atoms with Crippen LogP contribution < -0.4 is 4.90 Å². The number of nitro benzene ring substituents is 1. The molecule has 4 atom stereocenters. The highest BCUT2D eigenvalue weighted by molar-refractivity contribution is 6.67. The van der Waals surface area contributed by atoms with Crippen molar-refractivity contribution in [3.05, 3.63) is 43.9 Å². The molecule has 12 heteroatoms. The Kier molecular flexibility index (Phi) is 4.32. The van der Waals surface area contributed by atoms with Gasteiger partial charge in [0.25, 0.3) is 5.69 Å². The van der Waals surface area contributed by atoms with Crippen LogP contribution in [0.2, 0.25) is 0 Å². The van der Waals surface area contributed by atoms with Gasteiger partial charge in [-0.2, -0.15) is 0 Å². The highest BCUT2D eigenvalue weighted by atomic mass is 35.5. The summed E-state index contributed by atoms with van der Waals surface area (Å²) < 4.78 is -2.01. The third-order valence-corrected chi connectivity index (χ3v) is 9.80. The summed E-state index contributed by atoms with van der Waals surface area (Å²) in [6.07, 6.45) is 0. The molecule has 0 radical (unpaired) electrons. The first-order valence-corrected chi connectivity index (χ1v) is 10.0. The molecule has 0 aromatic heterocycles. The van der Waals surface area contributed by atoms with Gasteiger partial charge in [0.2, 0.25) is 11.8 Å². The van der Waals surface area contributed by atoms with E-state index in [0.717, 1.165) is 4.90 Å². The predicted octanol–water partition coefficient (Wildman–Crippen LogP) is 4.85. The van der Waals surface area contributed by atoms with Crippen molar-refractivity contribution in [2.75, 3.05) is 4.90 Å². The van der Waals surface area contributed by atoms with Gasteiger partial charge >= 0.3 is 0 Å². The Bertz CT molecular complexity index is 980. The van der Waals surface area contributed by atoms with Crippen LogP contribution in [-0.2, 0) is 9.59 Å². The first-order valence-electron chi connectivity index (χ1n) is 7.78. The summed E-state index contributed by atoms with van der Waals surface area (Å²) in [5.74, 6) is -3.92. The molecule has 1 aromatic rings. The van der Waals surface area contributed by atoms with Gasteiger partial charge in [-0.3, -0.25) is 19.7 Å². The summed E-state index contributed by atoms with van der Waals surface area (Å²) in [6, 6.07) is 3.74. The van der Waals surface area contributed by atoms with Crippen molar-refractivity contribution >= 4 is 92.8 Å². The van der Waals surface area contributed by atoms with Crippen LogP contribution in [0.5, 0.6) is 0 Å². The number of anilines is 1. The molecule has 6 nitrogen and oxygen atoms in total. The molecule has 1 aliphatic heterocycles. The number of nitro groups is 1. The predicted molar refractivity (Wildman–Crippen MR) is 108 cm³/mol. The summed E-state index contributed by atoms with van der Waals surface area (Å²) in [7, 11) is 0. The normalized spacial score (nSPS) is 35.8. The molecule has 2 bridgehead atoms. The van der Waals surface area contributed by atoms with Crippen LogP contribution in [0.1, 0.15) is 5.56 Å². The third kappa shape index (κ3) is 1.99. The average Bonchev–Trinajstić information content (AvgIpc) is 3.00. The van der Waals surface area contributed by atoms with Gasteiger partial charge in [-0.1, -0.05) is 46.4 Å². The van der Waals surface area contributed by atoms with Gasteiger partial charge in [-0.25, -0.2) is 4.90 Å². The van der Waals surface area contributed by atoms with E-state index in [4.69, 9.17) is 69.6 Å². The Labute approximate surface area is 188 Å². The molecule has 0 spiro atoms. The van der Waals surface area contributed by atoms with Crippen molar-refractivity contribution in [2.24, 2.45) is 11.8 Å². The molecule has 1 saturated heterocycles. The quantitative estimate of drug-likeness (QED) is 0.249. The molecule has 2 fully saturated rings. The van der Waals surface area contributed by atoms with E-state index in [1.807, 2.05) is 0 Å². The highest BCUT2D eigenvalue weighted by Gasteiger charge is 2.87. The topological polar surface area (TPSA) is 80.5 Å². The first-order chi connectivity index (χ1) is 12.8. The van der Waals surface area contributed by atoms with Crippen LogP contribution in [-0.4, -0.2) is 30.8 Å². The SMILES string of the molecule is Cc1cc([N+](=O)[O-])ccc1N1C(=O)[C@@H]2[C@@H](C1=O)[C@@]1(Cl)C(Cl)=C(Cl)[C@@]2(Cl)C1(Cl)Cl. The number of benzene rings is 1. The number of imide groups is 1. The van der Waals surface area contributed by atoms with Crippen molar-refractivity contribution in [3.8, 4) is 0 Å². The lowest BCUT2D eigenvalue weighted by Gasteiger charge is -2.34. The largest absolute Gasteiger partial charge is 0.274 e. The summed E-state index contributed by atoms with van der Waals surface area (Å²) in [6.45, 7) is 1.53. The number of carbonyl (C=O) groups is 2. The zero-order valence-corrected chi connectivity index (χ0v) is 18.2. The fraction of sp³-hybridized carbons (Fsp3) is 0.375. The van der Waals surface area contributed by atoms with E-state index < -0.39 is 42.7 Å². The van der Waals surface area contributed by atoms with E-state index in [1.54, 1.807) is 0 Å². The number of allylic oxidation sites excluding steroid dienone is 2. The Balaban J connectivity index is 1.87. The van der Waals surface area contributed by atoms with E-state index in [-0.39, 0.29) is 21.4 Å². The Morgan fingerprint density at radius 2 is 1.46 bits per heavy atom. The smallest absolute Gasteiger partial charge is 0.269 e. The fourth-order valence-corrected chi connectivity index (χ4v) is 7.17. The lowest BCUT2D eigenvalue weighted by Crippen LogP contribution is -2.50. The van der Waals surface area contributed by atoms with E-state index in [2.05, 4.69) is 0 Å². The molecular weight excluding hydrogens is 497 g/mol. The Hall–Kier alpha value is -0.760. The molecule has 28 heavy (non-hydrogen) atoms. The number of nitrogens with zero attached hydrogens (tertiary/aromatic N) is 2. The van der Waals surface area contributed by atoms with Crippen LogP contribution in [0.3, 0.4) is 0 Å². The van der Waals surface area contributed by atoms with Gasteiger partial charge in [0, 0.05) is 12.1 Å². The number of rotatable bonds is 2. The first kappa shape index (κ1) is 20.5. The Morgan fingerprint density at radius 1 is 1.00 bits per heavy atom. The maximum atomic E-state index is 13.2. The van der Waals surface area contributed by atoms with Crippen molar-refractivity contribution < 1.29 is 14.5 Å². The molecule has 0 N–H and O–H groups in total. The second-order valence-electron chi connectivity index (χ2n) is 6.82. The van der Waals surface area contributed by atoms with Gasteiger partial charge in [-0.15, -0.1) is 23.2 Å². The number of fused-ring (bicyclic) bond motifs is 5. The third-order valence-electron chi connectivity index (χ3n) is 5.54. The molecule has 148 valence electrons. The van der Waals surface area contributed by atoms with Crippen molar-refractivity contribution in [1.82, 2.24) is 0 Å². The van der Waals surface area contributed by atoms with E-state index in [0.29, 0.717) is 5.56 Å². The van der Waals surface area contributed by atoms with Crippen LogP contribution in [0.4, 0.5) is 11.4 Å². The molecule has 3 aliphatic rings. The summed E-state index contributed by atoms with van der Waals surface area (Å²) >= 11 is 38.6. The number of amides is 2. The lowest BCUT2D eigenvalue weighted by atomic mass is 9.84. The van der Waals surface area contributed by atoms with E-state index in [9.17, 15) is 19.7 Å². The monoisotopic (exact) mass is 502 g/mol. The maximum absolute atomic E-state index is 13.2. The molecule has 2 amide bonds. The number of alkyl halides is 4. The van der Waals surface area contributed by atoms with E-state index >= 15 is 0 Å². The number of hydrogen-bond donors (Lipinski definition) is 0. The minimum Gasteiger partial charge on any atom is -0.274 e. The number of non-ortho nitro benzene ring substituents is 1. The van der Waals surface area contributed by atoms with Crippen molar-refractivity contribution in [1.29, 1.82) is 0 Å². The number of carbonyl (C=O) groups excluding carboxylic acids is 2. The maximum Gasteiger partial charge on any atom is 0.269 e. The van der Waals surface area contributed by atoms with E-state index in [1.165, 1.54) is 25.1 Å². The molecule has 1 aromatic carbocycles. The van der Waals surface area contributed by atoms with Crippen LogP contribution >= 0.6 is 69.6 Å². The zero-order valence-electron chi connectivity index (χ0n) is 13.7. The number of aryl methyl sites for hydroxylation is 1. The Morgan fingerprint density at radius 3 is 1.86 bits per heavy atom. The number of halogens is 6. The zero-order chi connectivity index (χ0) is 21.0. The molecule has 0 unspecified atom stereocenters. The average molecular weight is 505 g/mol. The van der Waals surface area contributed by atoms with Gasteiger partial charge < -0.3 is 0 Å². The van der Waals surface area contributed by atoms with Crippen LogP contribution in [0.25, 0.3) is 0 Å². The van der Waals surface area contributed by atoms with Crippen molar-refractivity contribution in [3.63, 3.8) is 0 Å². The summed E-state index contributed by atoms with van der Waals surface area (Å²) in [4.78, 5) is 33.9. The van der Waals surface area contributed by atoms with Gasteiger partial charge in [0.1, 0.15) is 9.75 Å².